The third-order valence-electron chi connectivity index (χ3n) is 6.40. The summed E-state index contributed by atoms with van der Waals surface area (Å²) in [5.41, 5.74) is 7.98. The van der Waals surface area contributed by atoms with E-state index in [2.05, 4.69) is 32.2 Å². The molecule has 3 rings (SSSR count). The van der Waals surface area contributed by atoms with Gasteiger partial charge >= 0.3 is 0 Å². The van der Waals surface area contributed by atoms with Gasteiger partial charge in [-0.1, -0.05) is 0 Å². The number of methoxy groups -OCH3 is 2. The normalized spacial score (nSPS) is 17.3. The molecule has 0 bridgehead atoms. The van der Waals surface area contributed by atoms with Gasteiger partial charge in [-0.3, -0.25) is 9.79 Å². The molecule has 0 unspecified atom stereocenters. The smallest absolute Gasteiger partial charge is 0.220 e. The van der Waals surface area contributed by atoms with Crippen LogP contribution in [-0.2, 0) is 17.8 Å². The Hall–Kier alpha value is -1.75. The first-order valence-electron chi connectivity index (χ1n) is 11.3. The minimum atomic E-state index is -0.145. The highest BCUT2D eigenvalue weighted by Gasteiger charge is 2.23. The summed E-state index contributed by atoms with van der Waals surface area (Å²) < 4.78 is 10.9. The highest BCUT2D eigenvalue weighted by molar-refractivity contribution is 14.0. The molecule has 0 aliphatic carbocycles. The predicted octanol–water partition coefficient (Wildman–Crippen LogP) is 2.23. The Kier molecular flexibility index (Phi) is 10.8. The van der Waals surface area contributed by atoms with Gasteiger partial charge in [0.05, 0.1) is 14.2 Å². The lowest BCUT2D eigenvalue weighted by Gasteiger charge is -2.32. The molecule has 3 N–H and O–H groups in total. The number of nitrogens with zero attached hydrogens (tertiary/aromatic N) is 3. The number of unbranched alkanes of at least 4 members (excludes halogenated alkanes) is 1. The molecule has 0 atom stereocenters. The molecular weight excluding hydrogens is 521 g/mol. The Bertz CT molecular complexity index is 781. The molecule has 8 nitrogen and oxygen atoms in total. The highest BCUT2D eigenvalue weighted by Crippen LogP contribution is 2.33. The zero-order valence-corrected chi connectivity index (χ0v) is 21.9. The second kappa shape index (κ2) is 13.1. The molecular formula is C23H38IN5O3. The Labute approximate surface area is 208 Å². The maximum atomic E-state index is 11.3. The Morgan fingerprint density at radius 3 is 2.38 bits per heavy atom. The summed E-state index contributed by atoms with van der Waals surface area (Å²) >= 11 is 0. The summed E-state index contributed by atoms with van der Waals surface area (Å²) in [6, 6.07) is 4.17. The summed E-state index contributed by atoms with van der Waals surface area (Å²) in [4.78, 5) is 20.5. The molecule has 0 radical (unpaired) electrons. The largest absolute Gasteiger partial charge is 0.493 e. The number of carbonyl (C=O) groups is 1. The van der Waals surface area contributed by atoms with Crippen molar-refractivity contribution in [2.45, 2.75) is 38.6 Å². The third kappa shape index (κ3) is 6.87. The van der Waals surface area contributed by atoms with Gasteiger partial charge in [-0.2, -0.15) is 0 Å². The lowest BCUT2D eigenvalue weighted by Crippen LogP contribution is -2.44. The van der Waals surface area contributed by atoms with Crippen LogP contribution in [0.2, 0.25) is 0 Å². The Morgan fingerprint density at radius 2 is 1.78 bits per heavy atom. The van der Waals surface area contributed by atoms with Crippen LogP contribution in [0.3, 0.4) is 0 Å². The standard InChI is InChI=1S/C23H37N5O3.HI/c1-25-23(26-9-4-5-10-27-11-6-17(7-12-27)22(24)29)28-13-8-18-14-20(30-2)21(31-3)15-19(18)16-28;/h14-15,17H,4-13,16H2,1-3H3,(H2,24,29)(H,25,26);1H. The van der Waals surface area contributed by atoms with E-state index in [0.717, 1.165) is 88.8 Å². The van der Waals surface area contributed by atoms with Crippen molar-refractivity contribution in [3.8, 4) is 11.5 Å². The molecule has 1 fully saturated rings. The van der Waals surface area contributed by atoms with E-state index in [1.54, 1.807) is 14.2 Å². The molecule has 1 saturated heterocycles. The Morgan fingerprint density at radius 1 is 1.12 bits per heavy atom. The molecule has 0 spiro atoms. The quantitative estimate of drug-likeness (QED) is 0.220. The van der Waals surface area contributed by atoms with Crippen molar-refractivity contribution in [2.75, 3.05) is 54.0 Å². The molecule has 2 heterocycles. The number of carbonyl (C=O) groups excluding carboxylic acids is 1. The molecule has 1 aromatic carbocycles. The molecule has 0 saturated carbocycles. The lowest BCUT2D eigenvalue weighted by molar-refractivity contribution is -0.123. The minimum absolute atomic E-state index is 0. The molecule has 2 aliphatic rings. The van der Waals surface area contributed by atoms with E-state index in [1.807, 2.05) is 7.05 Å². The predicted molar refractivity (Wildman–Crippen MR) is 138 cm³/mol. The highest BCUT2D eigenvalue weighted by atomic mass is 127. The number of piperidine rings is 1. The van der Waals surface area contributed by atoms with E-state index in [9.17, 15) is 4.79 Å². The summed E-state index contributed by atoms with van der Waals surface area (Å²) in [6.07, 6.45) is 4.97. The Balaban J connectivity index is 0.00000363. The van der Waals surface area contributed by atoms with Crippen molar-refractivity contribution < 1.29 is 14.3 Å². The molecule has 1 amide bonds. The van der Waals surface area contributed by atoms with Gasteiger partial charge in [-0.15, -0.1) is 24.0 Å². The van der Waals surface area contributed by atoms with Crippen LogP contribution >= 0.6 is 24.0 Å². The number of ether oxygens (including phenoxy) is 2. The first-order chi connectivity index (χ1) is 15.0. The molecule has 2 aliphatic heterocycles. The number of likely N-dealkylation sites (tertiary alicyclic amines) is 1. The van der Waals surface area contributed by atoms with Crippen molar-refractivity contribution in [3.63, 3.8) is 0 Å². The van der Waals surface area contributed by atoms with Crippen molar-refractivity contribution in [3.05, 3.63) is 23.3 Å². The van der Waals surface area contributed by atoms with Crippen LogP contribution in [0.4, 0.5) is 0 Å². The number of rotatable bonds is 8. The first-order valence-corrected chi connectivity index (χ1v) is 11.3. The van der Waals surface area contributed by atoms with E-state index >= 15 is 0 Å². The van der Waals surface area contributed by atoms with Gasteiger partial charge in [0, 0.05) is 32.6 Å². The van der Waals surface area contributed by atoms with Crippen LogP contribution in [0.15, 0.2) is 17.1 Å². The van der Waals surface area contributed by atoms with Gasteiger partial charge in [0.15, 0.2) is 17.5 Å². The van der Waals surface area contributed by atoms with E-state index in [1.165, 1.54) is 11.1 Å². The zero-order valence-electron chi connectivity index (χ0n) is 19.6. The van der Waals surface area contributed by atoms with Gasteiger partial charge in [-0.05, 0) is 75.0 Å². The molecule has 1 aromatic rings. The number of primary amides is 1. The molecule has 0 aromatic heterocycles. The maximum Gasteiger partial charge on any atom is 0.220 e. The monoisotopic (exact) mass is 559 g/mol. The van der Waals surface area contributed by atoms with Crippen LogP contribution in [0.5, 0.6) is 11.5 Å². The SMILES string of the molecule is CN=C(NCCCCN1CCC(C(N)=O)CC1)N1CCc2cc(OC)c(OC)cc2C1.I. The summed E-state index contributed by atoms with van der Waals surface area (Å²) in [7, 11) is 5.19. The fourth-order valence-electron chi connectivity index (χ4n) is 4.50. The number of nitrogens with one attached hydrogen (secondary N) is 1. The number of halogens is 1. The number of hydrogen-bond acceptors (Lipinski definition) is 5. The minimum Gasteiger partial charge on any atom is -0.493 e. The van der Waals surface area contributed by atoms with Crippen LogP contribution in [0.25, 0.3) is 0 Å². The number of fused-ring (bicyclic) bond motifs is 1. The van der Waals surface area contributed by atoms with E-state index in [0.29, 0.717) is 0 Å². The second-order valence-electron chi connectivity index (χ2n) is 8.35. The average molecular weight is 559 g/mol. The van der Waals surface area contributed by atoms with Crippen molar-refractivity contribution >= 4 is 35.8 Å². The molecule has 9 heteroatoms. The van der Waals surface area contributed by atoms with Gasteiger partial charge in [0.25, 0.3) is 0 Å². The fourth-order valence-corrected chi connectivity index (χ4v) is 4.50. The fraction of sp³-hybridized carbons (Fsp3) is 0.652. The number of aliphatic imine (C=N–C) groups is 1. The average Bonchev–Trinajstić information content (AvgIpc) is 2.80. The van der Waals surface area contributed by atoms with Crippen molar-refractivity contribution in [1.29, 1.82) is 0 Å². The number of hydrogen-bond donors (Lipinski definition) is 2. The molecule has 32 heavy (non-hydrogen) atoms. The lowest BCUT2D eigenvalue weighted by atomic mass is 9.96. The molecule has 180 valence electrons. The van der Waals surface area contributed by atoms with Gasteiger partial charge < -0.3 is 30.3 Å². The topological polar surface area (TPSA) is 92.4 Å². The van der Waals surface area contributed by atoms with Crippen LogP contribution in [0, 0.1) is 5.92 Å². The summed E-state index contributed by atoms with van der Waals surface area (Å²) in [5, 5.41) is 3.52. The van der Waals surface area contributed by atoms with Crippen LogP contribution in [0.1, 0.15) is 36.8 Å². The summed E-state index contributed by atoms with van der Waals surface area (Å²) in [6.45, 7) is 5.67. The summed E-state index contributed by atoms with van der Waals surface area (Å²) in [5.74, 6) is 2.43. The third-order valence-corrected chi connectivity index (χ3v) is 6.40. The van der Waals surface area contributed by atoms with E-state index in [4.69, 9.17) is 15.2 Å². The second-order valence-corrected chi connectivity index (χ2v) is 8.35. The van der Waals surface area contributed by atoms with Gasteiger partial charge in [0.1, 0.15) is 0 Å². The number of nitrogens with two attached hydrogens (primary N) is 1. The van der Waals surface area contributed by atoms with Crippen molar-refractivity contribution in [2.24, 2.45) is 16.6 Å². The van der Waals surface area contributed by atoms with E-state index in [-0.39, 0.29) is 35.8 Å². The van der Waals surface area contributed by atoms with E-state index < -0.39 is 0 Å². The van der Waals surface area contributed by atoms with Gasteiger partial charge in [-0.25, -0.2) is 0 Å². The van der Waals surface area contributed by atoms with Crippen molar-refractivity contribution in [1.82, 2.24) is 15.1 Å². The van der Waals surface area contributed by atoms with Crippen LogP contribution in [-0.4, -0.2) is 75.7 Å². The number of amides is 1. The zero-order chi connectivity index (χ0) is 22.2. The van der Waals surface area contributed by atoms with Gasteiger partial charge in [0.2, 0.25) is 5.91 Å². The first kappa shape index (κ1) is 26.5. The van der Waals surface area contributed by atoms with Crippen LogP contribution < -0.4 is 20.5 Å². The number of guanidine groups is 1. The number of benzene rings is 1. The maximum absolute atomic E-state index is 11.3.